The van der Waals surface area contributed by atoms with Crippen molar-refractivity contribution in [3.05, 3.63) is 53.7 Å². The number of nitrogens with zero attached hydrogens (tertiary/aromatic N) is 3. The summed E-state index contributed by atoms with van der Waals surface area (Å²) in [5, 5.41) is 2.89. The summed E-state index contributed by atoms with van der Waals surface area (Å²) >= 11 is 0. The molecule has 142 valence electrons. The number of rotatable bonds is 4. The molecule has 0 spiro atoms. The van der Waals surface area contributed by atoms with Gasteiger partial charge in [-0.15, -0.1) is 0 Å². The summed E-state index contributed by atoms with van der Waals surface area (Å²) < 4.78 is 37.7. The van der Waals surface area contributed by atoms with Crippen LogP contribution in [-0.4, -0.2) is 53.3 Å². The van der Waals surface area contributed by atoms with Crippen molar-refractivity contribution < 1.29 is 22.8 Å². The number of amides is 2. The van der Waals surface area contributed by atoms with Crippen LogP contribution in [0.4, 0.5) is 24.7 Å². The standard InChI is InChI=1S/C18H17F3N4O2/c19-18(20,21)14-2-4-15(5-3-14)23-16-6-1-13(11-22-16)17(27)25-9-7-24(12-26)8-10-25/h1-6,11-12H,7-10H2,(H,22,23). The third-order valence-electron chi connectivity index (χ3n) is 4.25. The molecule has 1 aromatic heterocycles. The van der Waals surface area contributed by atoms with Gasteiger partial charge in [-0.25, -0.2) is 4.98 Å². The fraction of sp³-hybridized carbons (Fsp3) is 0.278. The molecule has 27 heavy (non-hydrogen) atoms. The number of benzene rings is 1. The largest absolute Gasteiger partial charge is 0.416 e. The predicted octanol–water partition coefficient (Wildman–Crippen LogP) is 2.76. The lowest BCUT2D eigenvalue weighted by Gasteiger charge is -2.32. The summed E-state index contributed by atoms with van der Waals surface area (Å²) in [4.78, 5) is 30.6. The van der Waals surface area contributed by atoms with Crippen LogP contribution in [0.1, 0.15) is 15.9 Å². The molecule has 1 saturated heterocycles. The van der Waals surface area contributed by atoms with E-state index in [4.69, 9.17) is 0 Å². The zero-order chi connectivity index (χ0) is 19.4. The zero-order valence-corrected chi connectivity index (χ0v) is 14.2. The minimum Gasteiger partial charge on any atom is -0.342 e. The second-order valence-corrected chi connectivity index (χ2v) is 6.07. The van der Waals surface area contributed by atoms with Crippen LogP contribution in [0.15, 0.2) is 42.6 Å². The van der Waals surface area contributed by atoms with Gasteiger partial charge >= 0.3 is 6.18 Å². The molecule has 2 heterocycles. The van der Waals surface area contributed by atoms with Crippen molar-refractivity contribution in [1.29, 1.82) is 0 Å². The fourth-order valence-corrected chi connectivity index (χ4v) is 2.70. The normalized spacial score (nSPS) is 14.8. The quantitative estimate of drug-likeness (QED) is 0.831. The van der Waals surface area contributed by atoms with E-state index in [0.717, 1.165) is 18.5 Å². The maximum Gasteiger partial charge on any atom is 0.416 e. The molecule has 6 nitrogen and oxygen atoms in total. The number of carbonyl (C=O) groups excluding carboxylic acids is 2. The third kappa shape index (κ3) is 4.55. The van der Waals surface area contributed by atoms with E-state index >= 15 is 0 Å². The second-order valence-electron chi connectivity index (χ2n) is 6.07. The highest BCUT2D eigenvalue weighted by Crippen LogP contribution is 2.30. The van der Waals surface area contributed by atoms with Gasteiger partial charge in [0.25, 0.3) is 5.91 Å². The Morgan fingerprint density at radius 2 is 1.70 bits per heavy atom. The number of pyridine rings is 1. The van der Waals surface area contributed by atoms with Crippen LogP contribution in [0.5, 0.6) is 0 Å². The number of aromatic nitrogens is 1. The predicted molar refractivity (Wildman–Crippen MR) is 92.5 cm³/mol. The highest BCUT2D eigenvalue weighted by molar-refractivity contribution is 5.94. The maximum atomic E-state index is 12.6. The van der Waals surface area contributed by atoms with E-state index in [1.165, 1.54) is 18.3 Å². The lowest BCUT2D eigenvalue weighted by atomic mass is 10.2. The minimum atomic E-state index is -4.38. The molecule has 0 atom stereocenters. The topological polar surface area (TPSA) is 65.5 Å². The summed E-state index contributed by atoms with van der Waals surface area (Å²) in [5.41, 5.74) is 0.142. The monoisotopic (exact) mass is 378 g/mol. The second kappa shape index (κ2) is 7.65. The van der Waals surface area contributed by atoms with Gasteiger partial charge < -0.3 is 15.1 Å². The lowest BCUT2D eigenvalue weighted by Crippen LogP contribution is -2.48. The van der Waals surface area contributed by atoms with Crippen molar-refractivity contribution in [2.24, 2.45) is 0 Å². The number of hydrogen-bond acceptors (Lipinski definition) is 4. The van der Waals surface area contributed by atoms with Gasteiger partial charge in [-0.3, -0.25) is 9.59 Å². The first-order valence-corrected chi connectivity index (χ1v) is 8.26. The molecule has 1 fully saturated rings. The maximum absolute atomic E-state index is 12.6. The van der Waals surface area contributed by atoms with Gasteiger partial charge in [0.05, 0.1) is 11.1 Å². The van der Waals surface area contributed by atoms with Gasteiger partial charge in [0.15, 0.2) is 0 Å². The Hall–Kier alpha value is -3.10. The van der Waals surface area contributed by atoms with Crippen LogP contribution in [0.2, 0.25) is 0 Å². The first-order chi connectivity index (χ1) is 12.9. The summed E-state index contributed by atoms with van der Waals surface area (Å²) in [5.74, 6) is 0.242. The number of piperazine rings is 1. The molecule has 2 amide bonds. The summed E-state index contributed by atoms with van der Waals surface area (Å²) in [6.07, 6.45) is -2.19. The molecule has 9 heteroatoms. The molecular weight excluding hydrogens is 361 g/mol. The molecule has 0 bridgehead atoms. The average Bonchev–Trinajstić information content (AvgIpc) is 2.68. The number of nitrogens with one attached hydrogen (secondary N) is 1. The molecule has 2 aromatic rings. The molecule has 1 aliphatic rings. The van der Waals surface area contributed by atoms with Crippen LogP contribution < -0.4 is 5.32 Å². The number of hydrogen-bond donors (Lipinski definition) is 1. The van der Waals surface area contributed by atoms with Crippen LogP contribution in [-0.2, 0) is 11.0 Å². The molecule has 1 aromatic carbocycles. The lowest BCUT2D eigenvalue weighted by molar-refractivity contribution is -0.137. The number of alkyl halides is 3. The Morgan fingerprint density at radius 1 is 1.04 bits per heavy atom. The summed E-state index contributed by atoms with van der Waals surface area (Å²) in [6.45, 7) is 1.92. The Kier molecular flexibility index (Phi) is 5.29. The summed E-state index contributed by atoms with van der Waals surface area (Å²) in [6, 6.07) is 7.80. The van der Waals surface area contributed by atoms with E-state index in [0.29, 0.717) is 43.2 Å². The Morgan fingerprint density at radius 3 is 2.22 bits per heavy atom. The zero-order valence-electron chi connectivity index (χ0n) is 14.2. The van der Waals surface area contributed by atoms with Gasteiger partial charge in [0.2, 0.25) is 6.41 Å². The highest BCUT2D eigenvalue weighted by Gasteiger charge is 2.30. The molecule has 0 aliphatic carbocycles. The molecule has 0 unspecified atom stereocenters. The SMILES string of the molecule is O=CN1CCN(C(=O)c2ccc(Nc3ccc(C(F)(F)F)cc3)nc2)CC1. The van der Waals surface area contributed by atoms with Crippen molar-refractivity contribution in [3.63, 3.8) is 0 Å². The van der Waals surface area contributed by atoms with E-state index in [1.54, 1.807) is 21.9 Å². The Balaban J connectivity index is 1.62. The smallest absolute Gasteiger partial charge is 0.342 e. The van der Waals surface area contributed by atoms with Crippen LogP contribution in [0.3, 0.4) is 0 Å². The number of halogens is 3. The van der Waals surface area contributed by atoms with Crippen molar-refractivity contribution in [1.82, 2.24) is 14.8 Å². The van der Waals surface area contributed by atoms with Gasteiger partial charge in [0.1, 0.15) is 5.82 Å². The van der Waals surface area contributed by atoms with Crippen LogP contribution >= 0.6 is 0 Å². The molecule has 0 radical (unpaired) electrons. The molecule has 0 saturated carbocycles. The Labute approximate surface area is 153 Å². The molecule has 1 aliphatic heterocycles. The van der Waals surface area contributed by atoms with Crippen molar-refractivity contribution in [3.8, 4) is 0 Å². The van der Waals surface area contributed by atoms with E-state index in [1.807, 2.05) is 0 Å². The average molecular weight is 378 g/mol. The minimum absolute atomic E-state index is 0.172. The fourth-order valence-electron chi connectivity index (χ4n) is 2.70. The molecular formula is C18H17F3N4O2. The van der Waals surface area contributed by atoms with Crippen molar-refractivity contribution in [2.75, 3.05) is 31.5 Å². The first kappa shape index (κ1) is 18.7. The van der Waals surface area contributed by atoms with E-state index < -0.39 is 11.7 Å². The van der Waals surface area contributed by atoms with E-state index in [-0.39, 0.29) is 5.91 Å². The highest BCUT2D eigenvalue weighted by atomic mass is 19.4. The van der Waals surface area contributed by atoms with Crippen molar-refractivity contribution in [2.45, 2.75) is 6.18 Å². The van der Waals surface area contributed by atoms with E-state index in [2.05, 4.69) is 10.3 Å². The third-order valence-corrected chi connectivity index (χ3v) is 4.25. The number of anilines is 2. The van der Waals surface area contributed by atoms with Gasteiger partial charge in [-0.1, -0.05) is 0 Å². The summed E-state index contributed by atoms with van der Waals surface area (Å²) in [7, 11) is 0. The van der Waals surface area contributed by atoms with Crippen LogP contribution in [0, 0.1) is 0 Å². The Bertz CT molecular complexity index is 799. The first-order valence-electron chi connectivity index (χ1n) is 8.26. The van der Waals surface area contributed by atoms with Crippen molar-refractivity contribution >= 4 is 23.8 Å². The van der Waals surface area contributed by atoms with E-state index in [9.17, 15) is 22.8 Å². The van der Waals surface area contributed by atoms with Gasteiger partial charge in [-0.05, 0) is 36.4 Å². The molecule has 1 N–H and O–H groups in total. The number of carbonyl (C=O) groups is 2. The molecule has 3 rings (SSSR count). The van der Waals surface area contributed by atoms with Gasteiger partial charge in [-0.2, -0.15) is 13.2 Å². The van der Waals surface area contributed by atoms with Gasteiger partial charge in [0, 0.05) is 38.1 Å². The van der Waals surface area contributed by atoms with Crippen LogP contribution in [0.25, 0.3) is 0 Å².